The van der Waals surface area contributed by atoms with Crippen molar-refractivity contribution in [1.29, 1.82) is 0 Å². The Kier molecular flexibility index (Phi) is 9.77. The van der Waals surface area contributed by atoms with Crippen LogP contribution in [0.25, 0.3) is 0 Å². The molecule has 0 aliphatic heterocycles. The summed E-state index contributed by atoms with van der Waals surface area (Å²) in [5.41, 5.74) is 5.00. The van der Waals surface area contributed by atoms with Gasteiger partial charge in [0.2, 0.25) is 0 Å². The number of carbonyl (C=O) groups excluding carboxylic acids is 1. The molecule has 13 heavy (non-hydrogen) atoms. The fourth-order valence-electron chi connectivity index (χ4n) is 1.23. The molecule has 0 aromatic heterocycles. The Balaban J connectivity index is 2.87. The van der Waals surface area contributed by atoms with Crippen molar-refractivity contribution in [3.63, 3.8) is 0 Å². The molecule has 0 fully saturated rings. The smallest absolute Gasteiger partial charge is 0.276 e. The van der Waals surface area contributed by atoms with Gasteiger partial charge >= 0.3 is 0 Å². The van der Waals surface area contributed by atoms with E-state index in [1.54, 1.807) is 0 Å². The molecule has 0 atom stereocenters. The Morgan fingerprint density at radius 2 is 1.62 bits per heavy atom. The molecule has 0 aliphatic rings. The van der Waals surface area contributed by atoms with Crippen LogP contribution in [0.2, 0.25) is 0 Å². The molecule has 2 nitrogen and oxygen atoms in total. The Labute approximate surface area is 85.6 Å². The van der Waals surface area contributed by atoms with Crippen LogP contribution >= 0.6 is 11.8 Å². The van der Waals surface area contributed by atoms with E-state index < -0.39 is 0 Å². The van der Waals surface area contributed by atoms with E-state index in [0.717, 1.165) is 12.2 Å². The summed E-state index contributed by atoms with van der Waals surface area (Å²) in [6, 6.07) is 0. The summed E-state index contributed by atoms with van der Waals surface area (Å²) in [6.07, 6.45) is 9.03. The zero-order chi connectivity index (χ0) is 9.94. The predicted octanol–water partition coefficient (Wildman–Crippen LogP) is 3.55. The maximum absolute atomic E-state index is 10.4. The van der Waals surface area contributed by atoms with E-state index in [1.165, 1.54) is 50.3 Å². The molecular weight excluding hydrogens is 182 g/mol. The second kappa shape index (κ2) is 9.90. The quantitative estimate of drug-likeness (QED) is 0.613. The van der Waals surface area contributed by atoms with Gasteiger partial charge in [-0.1, -0.05) is 57.2 Å². The van der Waals surface area contributed by atoms with Crippen molar-refractivity contribution in [2.75, 3.05) is 5.75 Å². The molecule has 0 radical (unpaired) electrons. The topological polar surface area (TPSA) is 43.1 Å². The lowest BCUT2D eigenvalue weighted by Gasteiger charge is -1.99. The number of rotatable bonds is 8. The third-order valence-corrected chi connectivity index (χ3v) is 2.77. The first-order valence-corrected chi connectivity index (χ1v) is 6.18. The number of unbranched alkanes of at least 4 members (excludes halogenated alkanes) is 6. The van der Waals surface area contributed by atoms with Crippen molar-refractivity contribution in [3.05, 3.63) is 0 Å². The maximum atomic E-state index is 10.4. The van der Waals surface area contributed by atoms with Crippen LogP contribution in [0, 0.1) is 0 Å². The Bertz CT molecular complexity index is 128. The Morgan fingerprint density at radius 3 is 2.15 bits per heavy atom. The molecule has 3 heteroatoms. The molecule has 0 aromatic carbocycles. The number of thioether (sulfide) groups is 1. The van der Waals surface area contributed by atoms with Crippen LogP contribution in [0.5, 0.6) is 0 Å². The Hall–Kier alpha value is -0.180. The normalized spacial score (nSPS) is 10.2. The lowest BCUT2D eigenvalue weighted by molar-refractivity contribution is 0.267. The fraction of sp³-hybridized carbons (Fsp3) is 0.900. The molecule has 0 saturated carbocycles. The first kappa shape index (κ1) is 12.8. The van der Waals surface area contributed by atoms with Crippen LogP contribution in [-0.4, -0.2) is 11.0 Å². The van der Waals surface area contributed by atoms with Crippen LogP contribution < -0.4 is 5.73 Å². The van der Waals surface area contributed by atoms with E-state index in [1.807, 2.05) is 0 Å². The third-order valence-electron chi connectivity index (χ3n) is 1.99. The number of carbonyl (C=O) groups is 1. The van der Waals surface area contributed by atoms with Crippen LogP contribution in [0.3, 0.4) is 0 Å². The highest BCUT2D eigenvalue weighted by Gasteiger charge is 1.94. The van der Waals surface area contributed by atoms with Crippen molar-refractivity contribution in [1.82, 2.24) is 0 Å². The standard InChI is InChI=1S/C10H21NOS/c1-2-3-4-5-6-7-8-9-13-10(11)12/h2-9H2,1H3,(H2,11,12). The van der Waals surface area contributed by atoms with Gasteiger partial charge in [0.05, 0.1) is 0 Å². The van der Waals surface area contributed by atoms with Crippen LogP contribution in [0.4, 0.5) is 4.79 Å². The van der Waals surface area contributed by atoms with Crippen molar-refractivity contribution < 1.29 is 4.79 Å². The summed E-state index contributed by atoms with van der Waals surface area (Å²) in [4.78, 5) is 10.4. The average molecular weight is 203 g/mol. The molecular formula is C10H21NOS. The molecule has 2 N–H and O–H groups in total. The van der Waals surface area contributed by atoms with Gasteiger partial charge in [-0.25, -0.2) is 0 Å². The highest BCUT2D eigenvalue weighted by Crippen LogP contribution is 2.09. The number of nitrogens with two attached hydrogens (primary N) is 1. The molecule has 0 heterocycles. The lowest BCUT2D eigenvalue weighted by Crippen LogP contribution is -2.02. The van der Waals surface area contributed by atoms with E-state index in [0.29, 0.717) is 0 Å². The van der Waals surface area contributed by atoms with Gasteiger partial charge in [-0.15, -0.1) is 0 Å². The summed E-state index contributed by atoms with van der Waals surface area (Å²) in [5.74, 6) is 0.892. The minimum atomic E-state index is -0.244. The van der Waals surface area contributed by atoms with Gasteiger partial charge < -0.3 is 5.73 Å². The minimum absolute atomic E-state index is 0.244. The van der Waals surface area contributed by atoms with Crippen molar-refractivity contribution in [2.45, 2.75) is 51.9 Å². The van der Waals surface area contributed by atoms with Gasteiger partial charge in [0, 0.05) is 5.75 Å². The van der Waals surface area contributed by atoms with Crippen LogP contribution in [-0.2, 0) is 0 Å². The van der Waals surface area contributed by atoms with Gasteiger partial charge in [-0.05, 0) is 6.42 Å². The summed E-state index contributed by atoms with van der Waals surface area (Å²) >= 11 is 1.24. The SMILES string of the molecule is CCCCCCCCCSC(N)=O. The minimum Gasteiger partial charge on any atom is -0.361 e. The van der Waals surface area contributed by atoms with Crippen molar-refractivity contribution in [2.24, 2.45) is 5.73 Å². The van der Waals surface area contributed by atoms with Crippen LogP contribution in [0.1, 0.15) is 51.9 Å². The molecule has 1 amide bonds. The van der Waals surface area contributed by atoms with Crippen LogP contribution in [0.15, 0.2) is 0 Å². The van der Waals surface area contributed by atoms with Gasteiger partial charge in [-0.2, -0.15) is 0 Å². The predicted molar refractivity (Wildman–Crippen MR) is 60.0 cm³/mol. The zero-order valence-corrected chi connectivity index (χ0v) is 9.37. The third kappa shape index (κ3) is 11.8. The summed E-state index contributed by atoms with van der Waals surface area (Å²) < 4.78 is 0. The highest BCUT2D eigenvalue weighted by molar-refractivity contribution is 8.13. The van der Waals surface area contributed by atoms with Gasteiger partial charge in [0.25, 0.3) is 5.24 Å². The fourth-order valence-corrected chi connectivity index (χ4v) is 1.78. The summed E-state index contributed by atoms with van der Waals surface area (Å²) in [7, 11) is 0. The summed E-state index contributed by atoms with van der Waals surface area (Å²) in [5, 5.41) is -0.244. The van der Waals surface area contributed by atoms with E-state index in [2.05, 4.69) is 6.92 Å². The summed E-state index contributed by atoms with van der Waals surface area (Å²) in [6.45, 7) is 2.23. The average Bonchev–Trinajstić information content (AvgIpc) is 2.09. The van der Waals surface area contributed by atoms with Gasteiger partial charge in [0.15, 0.2) is 0 Å². The molecule has 0 bridgehead atoms. The molecule has 0 saturated heterocycles. The lowest BCUT2D eigenvalue weighted by atomic mass is 10.1. The number of amides is 1. The first-order valence-electron chi connectivity index (χ1n) is 5.19. The van der Waals surface area contributed by atoms with E-state index in [4.69, 9.17) is 5.73 Å². The van der Waals surface area contributed by atoms with E-state index >= 15 is 0 Å². The maximum Gasteiger partial charge on any atom is 0.276 e. The molecule has 0 spiro atoms. The number of hydrogen-bond acceptors (Lipinski definition) is 2. The second-order valence-electron chi connectivity index (χ2n) is 3.29. The van der Waals surface area contributed by atoms with E-state index in [-0.39, 0.29) is 5.24 Å². The molecule has 0 aliphatic carbocycles. The van der Waals surface area contributed by atoms with Gasteiger partial charge in [-0.3, -0.25) is 4.79 Å². The number of primary amides is 1. The Morgan fingerprint density at radius 1 is 1.08 bits per heavy atom. The largest absolute Gasteiger partial charge is 0.361 e. The van der Waals surface area contributed by atoms with Crippen molar-refractivity contribution >= 4 is 17.0 Å². The molecule has 0 aromatic rings. The van der Waals surface area contributed by atoms with E-state index in [9.17, 15) is 4.79 Å². The van der Waals surface area contributed by atoms with Crippen molar-refractivity contribution in [3.8, 4) is 0 Å². The number of hydrogen-bond donors (Lipinski definition) is 1. The second-order valence-corrected chi connectivity index (χ2v) is 4.39. The monoisotopic (exact) mass is 203 g/mol. The van der Waals surface area contributed by atoms with Gasteiger partial charge in [0.1, 0.15) is 0 Å². The zero-order valence-electron chi connectivity index (χ0n) is 8.55. The molecule has 78 valence electrons. The molecule has 0 unspecified atom stereocenters. The first-order chi connectivity index (χ1) is 6.27. The molecule has 0 rings (SSSR count). The highest BCUT2D eigenvalue weighted by atomic mass is 32.2.